The molecular weight excluding hydrogens is 262 g/mol. The first kappa shape index (κ1) is 15.3. The number of likely N-dealkylation sites (tertiary alicyclic amines) is 1. The Hall–Kier alpha value is -0.570. The average molecular weight is 293 g/mol. The fourth-order valence-corrected chi connectivity index (χ4v) is 4.85. The molecule has 3 fully saturated rings. The predicted octanol–water partition coefficient (Wildman–Crippen LogP) is 3.50. The van der Waals surface area contributed by atoms with E-state index < -0.39 is 0 Å². The van der Waals surface area contributed by atoms with Gasteiger partial charge in [0.2, 0.25) is 5.91 Å². The highest BCUT2D eigenvalue weighted by atomic mass is 16.3. The van der Waals surface area contributed by atoms with Gasteiger partial charge in [-0.05, 0) is 44.9 Å². The van der Waals surface area contributed by atoms with Crippen molar-refractivity contribution < 1.29 is 9.90 Å². The van der Waals surface area contributed by atoms with Crippen LogP contribution in [0, 0.1) is 11.8 Å². The lowest BCUT2D eigenvalue weighted by Gasteiger charge is -2.42. The SMILES string of the molecule is O=C(C1CCCCCC1)N1CCCCC1C1CCCC1O. The first-order valence-corrected chi connectivity index (χ1v) is 9.26. The van der Waals surface area contributed by atoms with Crippen LogP contribution < -0.4 is 0 Å². The molecule has 120 valence electrons. The van der Waals surface area contributed by atoms with Gasteiger partial charge in [-0.15, -0.1) is 0 Å². The normalized spacial score (nSPS) is 35.7. The lowest BCUT2D eigenvalue weighted by molar-refractivity contribution is -0.142. The van der Waals surface area contributed by atoms with E-state index in [0.717, 1.165) is 51.5 Å². The van der Waals surface area contributed by atoms with Crippen LogP contribution in [0.3, 0.4) is 0 Å². The lowest BCUT2D eigenvalue weighted by Crippen LogP contribution is -2.51. The van der Waals surface area contributed by atoms with Crippen LogP contribution in [0.5, 0.6) is 0 Å². The van der Waals surface area contributed by atoms with Crippen LogP contribution in [0.2, 0.25) is 0 Å². The van der Waals surface area contributed by atoms with Crippen molar-refractivity contribution in [1.29, 1.82) is 0 Å². The number of aliphatic hydroxyl groups excluding tert-OH is 1. The molecule has 3 unspecified atom stereocenters. The molecule has 0 aromatic heterocycles. The van der Waals surface area contributed by atoms with Gasteiger partial charge in [-0.3, -0.25) is 4.79 Å². The molecule has 3 nitrogen and oxygen atoms in total. The number of nitrogens with zero attached hydrogens (tertiary/aromatic N) is 1. The summed E-state index contributed by atoms with van der Waals surface area (Å²) in [7, 11) is 0. The summed E-state index contributed by atoms with van der Waals surface area (Å²) in [6.45, 7) is 0.934. The summed E-state index contributed by atoms with van der Waals surface area (Å²) in [6.07, 6.45) is 13.7. The third kappa shape index (κ3) is 3.44. The van der Waals surface area contributed by atoms with Gasteiger partial charge in [0, 0.05) is 24.4 Å². The van der Waals surface area contributed by atoms with Crippen LogP contribution >= 0.6 is 0 Å². The van der Waals surface area contributed by atoms with Crippen LogP contribution in [0.4, 0.5) is 0 Å². The molecule has 3 atom stereocenters. The van der Waals surface area contributed by atoms with Crippen molar-refractivity contribution in [3.8, 4) is 0 Å². The van der Waals surface area contributed by atoms with Crippen molar-refractivity contribution >= 4 is 5.91 Å². The Balaban J connectivity index is 1.69. The maximum atomic E-state index is 13.0. The van der Waals surface area contributed by atoms with Crippen molar-refractivity contribution in [2.75, 3.05) is 6.54 Å². The molecule has 1 saturated heterocycles. The molecule has 1 amide bonds. The molecule has 0 spiro atoms. The van der Waals surface area contributed by atoms with Crippen LogP contribution in [-0.2, 0) is 4.79 Å². The third-order valence-electron chi connectivity index (χ3n) is 6.06. The summed E-state index contributed by atoms with van der Waals surface area (Å²) in [6, 6.07) is 0.326. The first-order valence-electron chi connectivity index (χ1n) is 9.26. The number of carbonyl (C=O) groups is 1. The Morgan fingerprint density at radius 2 is 1.52 bits per heavy atom. The van der Waals surface area contributed by atoms with E-state index >= 15 is 0 Å². The minimum absolute atomic E-state index is 0.169. The monoisotopic (exact) mass is 293 g/mol. The van der Waals surface area contributed by atoms with Gasteiger partial charge in [-0.1, -0.05) is 32.1 Å². The van der Waals surface area contributed by atoms with Gasteiger partial charge in [0.05, 0.1) is 6.10 Å². The first-order chi connectivity index (χ1) is 10.3. The zero-order valence-corrected chi connectivity index (χ0v) is 13.3. The van der Waals surface area contributed by atoms with E-state index in [2.05, 4.69) is 4.90 Å². The van der Waals surface area contributed by atoms with E-state index in [1.165, 1.54) is 32.1 Å². The number of carbonyl (C=O) groups excluding carboxylic acids is 1. The molecule has 2 saturated carbocycles. The highest BCUT2D eigenvalue weighted by Gasteiger charge is 2.40. The Morgan fingerprint density at radius 1 is 0.810 bits per heavy atom. The van der Waals surface area contributed by atoms with Gasteiger partial charge in [0.15, 0.2) is 0 Å². The molecule has 0 bridgehead atoms. The zero-order valence-electron chi connectivity index (χ0n) is 13.3. The second-order valence-electron chi connectivity index (χ2n) is 7.45. The Bertz CT molecular complexity index is 349. The van der Waals surface area contributed by atoms with E-state index in [1.54, 1.807) is 0 Å². The molecule has 3 rings (SSSR count). The number of rotatable bonds is 2. The minimum Gasteiger partial charge on any atom is -0.393 e. The molecular formula is C18H31NO2. The lowest BCUT2D eigenvalue weighted by atomic mass is 9.86. The maximum Gasteiger partial charge on any atom is 0.225 e. The molecule has 1 N–H and O–H groups in total. The van der Waals surface area contributed by atoms with Crippen LogP contribution in [0.25, 0.3) is 0 Å². The number of piperidine rings is 1. The molecule has 0 aromatic rings. The van der Waals surface area contributed by atoms with E-state index in [-0.39, 0.29) is 12.0 Å². The summed E-state index contributed by atoms with van der Waals surface area (Å²) in [5, 5.41) is 10.3. The summed E-state index contributed by atoms with van der Waals surface area (Å²) >= 11 is 0. The summed E-state index contributed by atoms with van der Waals surface area (Å²) in [5.41, 5.74) is 0. The predicted molar refractivity (Wildman–Crippen MR) is 83.9 cm³/mol. The van der Waals surface area contributed by atoms with Crippen LogP contribution in [-0.4, -0.2) is 34.6 Å². The Morgan fingerprint density at radius 3 is 2.19 bits per heavy atom. The largest absolute Gasteiger partial charge is 0.393 e. The third-order valence-corrected chi connectivity index (χ3v) is 6.06. The highest BCUT2D eigenvalue weighted by molar-refractivity contribution is 5.79. The second-order valence-corrected chi connectivity index (χ2v) is 7.45. The van der Waals surface area contributed by atoms with Gasteiger partial charge >= 0.3 is 0 Å². The zero-order chi connectivity index (χ0) is 14.7. The van der Waals surface area contributed by atoms with Gasteiger partial charge in [-0.2, -0.15) is 0 Å². The van der Waals surface area contributed by atoms with Crippen molar-refractivity contribution in [3.05, 3.63) is 0 Å². The smallest absolute Gasteiger partial charge is 0.225 e. The molecule has 3 aliphatic rings. The topological polar surface area (TPSA) is 40.5 Å². The van der Waals surface area contributed by atoms with Crippen LogP contribution in [0.1, 0.15) is 77.0 Å². The Labute approximate surface area is 129 Å². The van der Waals surface area contributed by atoms with Gasteiger partial charge < -0.3 is 10.0 Å². The van der Waals surface area contributed by atoms with Crippen molar-refractivity contribution in [1.82, 2.24) is 4.90 Å². The molecule has 0 aromatic carbocycles. The van der Waals surface area contributed by atoms with E-state index in [4.69, 9.17) is 0 Å². The molecule has 21 heavy (non-hydrogen) atoms. The van der Waals surface area contributed by atoms with Crippen LogP contribution in [0.15, 0.2) is 0 Å². The number of aliphatic hydroxyl groups is 1. The van der Waals surface area contributed by atoms with Gasteiger partial charge in [-0.25, -0.2) is 0 Å². The maximum absolute atomic E-state index is 13.0. The molecule has 3 heteroatoms. The number of hydrogen-bond donors (Lipinski definition) is 1. The van der Waals surface area contributed by atoms with Crippen molar-refractivity contribution in [2.24, 2.45) is 11.8 Å². The summed E-state index contributed by atoms with van der Waals surface area (Å²) in [5.74, 6) is 1.03. The average Bonchev–Trinajstić information content (AvgIpc) is 2.77. The molecule has 2 aliphatic carbocycles. The second kappa shape index (κ2) is 7.13. The van der Waals surface area contributed by atoms with Crippen molar-refractivity contribution in [2.45, 2.75) is 89.2 Å². The highest BCUT2D eigenvalue weighted by Crippen LogP contribution is 2.36. The molecule has 1 heterocycles. The van der Waals surface area contributed by atoms with Gasteiger partial charge in [0.1, 0.15) is 0 Å². The number of amides is 1. The van der Waals surface area contributed by atoms with E-state index in [1.807, 2.05) is 0 Å². The fourth-order valence-electron chi connectivity index (χ4n) is 4.85. The molecule has 0 radical (unpaired) electrons. The number of hydrogen-bond acceptors (Lipinski definition) is 2. The minimum atomic E-state index is -0.169. The fraction of sp³-hybridized carbons (Fsp3) is 0.944. The van der Waals surface area contributed by atoms with Gasteiger partial charge in [0.25, 0.3) is 0 Å². The van der Waals surface area contributed by atoms with E-state index in [9.17, 15) is 9.90 Å². The van der Waals surface area contributed by atoms with Crippen molar-refractivity contribution in [3.63, 3.8) is 0 Å². The Kier molecular flexibility index (Phi) is 5.20. The standard InChI is InChI=1S/C18H31NO2/c20-17-12-7-10-15(17)16-11-5-6-13-19(16)18(21)14-8-3-1-2-4-9-14/h14-17,20H,1-13H2. The van der Waals surface area contributed by atoms with E-state index in [0.29, 0.717) is 17.9 Å². The quantitative estimate of drug-likeness (QED) is 0.792. The summed E-state index contributed by atoms with van der Waals surface area (Å²) in [4.78, 5) is 15.2. The summed E-state index contributed by atoms with van der Waals surface area (Å²) < 4.78 is 0. The molecule has 1 aliphatic heterocycles.